The maximum Gasteiger partial charge on any atom is 0.328 e. The molecule has 0 bridgehead atoms. The van der Waals surface area contributed by atoms with Gasteiger partial charge < -0.3 is 9.84 Å². The minimum Gasteiger partial charge on any atom is -0.492 e. The molecule has 0 unspecified atom stereocenters. The lowest BCUT2D eigenvalue weighted by Gasteiger charge is -2.07. The molecular formula is C13H15IO3. The number of hydrogen-bond acceptors (Lipinski definition) is 2. The first-order valence-corrected chi connectivity index (χ1v) is 6.54. The Labute approximate surface area is 115 Å². The highest BCUT2D eigenvalue weighted by Crippen LogP contribution is 2.23. The predicted molar refractivity (Wildman–Crippen MR) is 76.2 cm³/mol. The van der Waals surface area contributed by atoms with E-state index in [1.807, 2.05) is 18.2 Å². The highest BCUT2D eigenvalue weighted by molar-refractivity contribution is 14.1. The lowest BCUT2D eigenvalue weighted by molar-refractivity contribution is -0.131. The van der Waals surface area contributed by atoms with Crippen molar-refractivity contribution in [2.45, 2.75) is 19.8 Å². The normalized spacial score (nSPS) is 10.7. The SMILES string of the molecule is CCCCOc1ccc(/C=C/C(=O)O)cc1I. The summed E-state index contributed by atoms with van der Waals surface area (Å²) in [6.07, 6.45) is 4.84. The van der Waals surface area contributed by atoms with Gasteiger partial charge >= 0.3 is 5.97 Å². The number of carboxylic acids is 1. The number of rotatable bonds is 6. The van der Waals surface area contributed by atoms with Crippen molar-refractivity contribution < 1.29 is 14.6 Å². The highest BCUT2D eigenvalue weighted by Gasteiger charge is 2.01. The van der Waals surface area contributed by atoms with Crippen molar-refractivity contribution in [3.63, 3.8) is 0 Å². The van der Waals surface area contributed by atoms with E-state index in [9.17, 15) is 4.79 Å². The minimum atomic E-state index is -0.941. The van der Waals surface area contributed by atoms with Crippen molar-refractivity contribution in [1.29, 1.82) is 0 Å². The van der Waals surface area contributed by atoms with E-state index in [0.717, 1.165) is 40.4 Å². The highest BCUT2D eigenvalue weighted by atomic mass is 127. The zero-order chi connectivity index (χ0) is 12.7. The summed E-state index contributed by atoms with van der Waals surface area (Å²) in [6.45, 7) is 2.84. The summed E-state index contributed by atoms with van der Waals surface area (Å²) in [7, 11) is 0. The number of hydrogen-bond donors (Lipinski definition) is 1. The van der Waals surface area contributed by atoms with Crippen molar-refractivity contribution in [2.75, 3.05) is 6.61 Å². The van der Waals surface area contributed by atoms with Crippen LogP contribution in [-0.2, 0) is 4.79 Å². The molecule has 0 heterocycles. The van der Waals surface area contributed by atoms with Crippen molar-refractivity contribution in [2.24, 2.45) is 0 Å². The third-order valence-electron chi connectivity index (χ3n) is 2.13. The number of aliphatic carboxylic acids is 1. The molecule has 0 saturated heterocycles. The zero-order valence-corrected chi connectivity index (χ0v) is 11.8. The van der Waals surface area contributed by atoms with Crippen LogP contribution in [0, 0.1) is 3.57 Å². The van der Waals surface area contributed by atoms with E-state index < -0.39 is 5.97 Å². The Morgan fingerprint density at radius 2 is 2.29 bits per heavy atom. The first-order chi connectivity index (χ1) is 8.13. The number of halogens is 1. The van der Waals surface area contributed by atoms with Crippen LogP contribution in [0.1, 0.15) is 25.3 Å². The Morgan fingerprint density at radius 3 is 2.88 bits per heavy atom. The van der Waals surface area contributed by atoms with E-state index in [1.54, 1.807) is 6.08 Å². The molecule has 1 aromatic carbocycles. The number of ether oxygens (including phenoxy) is 1. The molecule has 17 heavy (non-hydrogen) atoms. The van der Waals surface area contributed by atoms with Gasteiger partial charge in [-0.25, -0.2) is 4.79 Å². The first kappa shape index (κ1) is 14.0. The molecule has 0 saturated carbocycles. The zero-order valence-electron chi connectivity index (χ0n) is 9.65. The maximum atomic E-state index is 10.4. The van der Waals surface area contributed by atoms with E-state index in [1.165, 1.54) is 0 Å². The summed E-state index contributed by atoms with van der Waals surface area (Å²) in [4.78, 5) is 10.4. The van der Waals surface area contributed by atoms with E-state index in [2.05, 4.69) is 29.5 Å². The molecule has 0 fully saturated rings. The molecule has 0 amide bonds. The van der Waals surface area contributed by atoms with Gasteiger partial charge in [0.15, 0.2) is 0 Å². The quantitative estimate of drug-likeness (QED) is 0.487. The number of unbranched alkanes of at least 4 members (excludes halogenated alkanes) is 1. The number of carbonyl (C=O) groups is 1. The summed E-state index contributed by atoms with van der Waals surface area (Å²) >= 11 is 2.19. The second-order valence-electron chi connectivity index (χ2n) is 3.56. The summed E-state index contributed by atoms with van der Waals surface area (Å²) in [5, 5.41) is 8.53. The van der Waals surface area contributed by atoms with Gasteiger partial charge in [0.25, 0.3) is 0 Å². The summed E-state index contributed by atoms with van der Waals surface area (Å²) in [5.41, 5.74) is 0.861. The van der Waals surface area contributed by atoms with Gasteiger partial charge in [-0.2, -0.15) is 0 Å². The summed E-state index contributed by atoms with van der Waals surface area (Å²) in [6, 6.07) is 5.63. The van der Waals surface area contributed by atoms with Crippen LogP contribution in [0.25, 0.3) is 6.08 Å². The third-order valence-corrected chi connectivity index (χ3v) is 2.97. The topological polar surface area (TPSA) is 46.5 Å². The van der Waals surface area contributed by atoms with E-state index in [4.69, 9.17) is 9.84 Å². The fourth-order valence-corrected chi connectivity index (χ4v) is 1.93. The molecule has 92 valence electrons. The molecule has 1 aromatic rings. The lowest BCUT2D eigenvalue weighted by Crippen LogP contribution is -1.98. The largest absolute Gasteiger partial charge is 0.492 e. The molecular weight excluding hydrogens is 331 g/mol. The van der Waals surface area contributed by atoms with Gasteiger partial charge in [-0.3, -0.25) is 0 Å². The standard InChI is InChI=1S/C13H15IO3/c1-2-3-8-17-12-6-4-10(9-11(12)14)5-7-13(15)16/h4-7,9H,2-3,8H2,1H3,(H,15,16)/b7-5+. The Kier molecular flexibility index (Phi) is 6.04. The predicted octanol–water partition coefficient (Wildman–Crippen LogP) is 3.57. The van der Waals surface area contributed by atoms with Crippen LogP contribution in [0.5, 0.6) is 5.75 Å². The van der Waals surface area contributed by atoms with E-state index in [0.29, 0.717) is 0 Å². The fourth-order valence-electron chi connectivity index (χ4n) is 1.23. The maximum absolute atomic E-state index is 10.4. The average Bonchev–Trinajstić information content (AvgIpc) is 2.29. The Balaban J connectivity index is 2.69. The number of benzene rings is 1. The molecule has 0 aliphatic carbocycles. The minimum absolute atomic E-state index is 0.719. The molecule has 4 heteroatoms. The molecule has 0 atom stereocenters. The third kappa shape index (κ3) is 5.21. The first-order valence-electron chi connectivity index (χ1n) is 5.47. The van der Waals surface area contributed by atoms with Crippen molar-refractivity contribution in [3.8, 4) is 5.75 Å². The smallest absolute Gasteiger partial charge is 0.328 e. The van der Waals surface area contributed by atoms with Crippen molar-refractivity contribution >= 4 is 34.6 Å². The Hall–Kier alpha value is -1.04. The molecule has 3 nitrogen and oxygen atoms in total. The monoisotopic (exact) mass is 346 g/mol. The number of carboxylic acid groups (broad SMARTS) is 1. The Bertz CT molecular complexity index is 413. The van der Waals surface area contributed by atoms with Crippen LogP contribution >= 0.6 is 22.6 Å². The molecule has 0 aliphatic rings. The molecule has 1 N–H and O–H groups in total. The fraction of sp³-hybridized carbons (Fsp3) is 0.308. The van der Waals surface area contributed by atoms with Crippen molar-refractivity contribution in [3.05, 3.63) is 33.4 Å². The average molecular weight is 346 g/mol. The van der Waals surface area contributed by atoms with Crippen molar-refractivity contribution in [1.82, 2.24) is 0 Å². The van der Waals surface area contributed by atoms with Gasteiger partial charge in [0, 0.05) is 6.08 Å². The van der Waals surface area contributed by atoms with Crippen LogP contribution in [0.15, 0.2) is 24.3 Å². The van der Waals surface area contributed by atoms with Crippen LogP contribution in [0.3, 0.4) is 0 Å². The molecule has 0 aliphatic heterocycles. The van der Waals surface area contributed by atoms with Gasteiger partial charge in [0.2, 0.25) is 0 Å². The molecule has 1 rings (SSSR count). The second kappa shape index (κ2) is 7.32. The summed E-state index contributed by atoms with van der Waals surface area (Å²) < 4.78 is 6.60. The Morgan fingerprint density at radius 1 is 1.53 bits per heavy atom. The van der Waals surface area contributed by atoms with Gasteiger partial charge in [0.05, 0.1) is 10.2 Å². The van der Waals surface area contributed by atoms with Gasteiger partial charge in [0.1, 0.15) is 5.75 Å². The van der Waals surface area contributed by atoms with Crippen LogP contribution in [-0.4, -0.2) is 17.7 Å². The van der Waals surface area contributed by atoms with Gasteiger partial charge in [-0.1, -0.05) is 19.4 Å². The van der Waals surface area contributed by atoms with Crippen LogP contribution in [0.4, 0.5) is 0 Å². The van der Waals surface area contributed by atoms with Crippen LogP contribution in [0.2, 0.25) is 0 Å². The van der Waals surface area contributed by atoms with E-state index >= 15 is 0 Å². The summed E-state index contributed by atoms with van der Waals surface area (Å²) in [5.74, 6) is -0.0881. The second-order valence-corrected chi connectivity index (χ2v) is 4.73. The van der Waals surface area contributed by atoms with E-state index in [-0.39, 0.29) is 0 Å². The molecule has 0 aromatic heterocycles. The van der Waals surface area contributed by atoms with Gasteiger partial charge in [-0.15, -0.1) is 0 Å². The lowest BCUT2D eigenvalue weighted by atomic mass is 10.2. The van der Waals surface area contributed by atoms with Gasteiger partial charge in [-0.05, 0) is 52.8 Å². The molecule has 0 spiro atoms. The van der Waals surface area contributed by atoms with Crippen LogP contribution < -0.4 is 4.74 Å². The molecule has 0 radical (unpaired) electrons.